The molecule has 142 valence electrons. The van der Waals surface area contributed by atoms with Crippen LogP contribution < -0.4 is 10.2 Å². The molecule has 3 rings (SSSR count). The van der Waals surface area contributed by atoms with Crippen molar-refractivity contribution in [2.45, 2.75) is 6.92 Å². The Balaban J connectivity index is 1.73. The molecule has 1 amide bonds. The fourth-order valence-corrected chi connectivity index (χ4v) is 3.45. The Hall–Kier alpha value is -2.80. The zero-order valence-corrected chi connectivity index (χ0v) is 16.0. The minimum Gasteiger partial charge on any atom is -0.383 e. The molecule has 2 aromatic carbocycles. The number of nitro groups is 1. The molecule has 27 heavy (non-hydrogen) atoms. The largest absolute Gasteiger partial charge is 0.383 e. The van der Waals surface area contributed by atoms with Gasteiger partial charge in [-0.3, -0.25) is 14.9 Å². The first kappa shape index (κ1) is 19.0. The van der Waals surface area contributed by atoms with Crippen LogP contribution in [0.3, 0.4) is 0 Å². The third kappa shape index (κ3) is 3.98. The number of benzene rings is 2. The molecule has 0 atom stereocenters. The number of nitro benzene ring substituents is 1. The van der Waals surface area contributed by atoms with Gasteiger partial charge < -0.3 is 15.1 Å². The van der Waals surface area contributed by atoms with E-state index in [2.05, 4.69) is 10.2 Å². The molecule has 7 nitrogen and oxygen atoms in total. The second kappa shape index (κ2) is 7.84. The van der Waals surface area contributed by atoms with E-state index in [0.29, 0.717) is 42.5 Å². The lowest BCUT2D eigenvalue weighted by atomic mass is 10.1. The van der Waals surface area contributed by atoms with Crippen molar-refractivity contribution < 1.29 is 9.72 Å². The van der Waals surface area contributed by atoms with Gasteiger partial charge in [0.2, 0.25) is 0 Å². The van der Waals surface area contributed by atoms with Crippen molar-refractivity contribution >= 4 is 34.6 Å². The summed E-state index contributed by atoms with van der Waals surface area (Å²) in [5, 5.41) is 14.7. The van der Waals surface area contributed by atoms with Crippen LogP contribution in [0.4, 0.5) is 17.1 Å². The van der Waals surface area contributed by atoms with E-state index in [9.17, 15) is 14.9 Å². The van der Waals surface area contributed by atoms with Crippen LogP contribution in [0.1, 0.15) is 15.9 Å². The van der Waals surface area contributed by atoms with E-state index in [0.717, 1.165) is 11.3 Å². The fourth-order valence-electron chi connectivity index (χ4n) is 3.28. The van der Waals surface area contributed by atoms with Gasteiger partial charge in [-0.2, -0.15) is 0 Å². The number of carbonyl (C=O) groups is 1. The monoisotopic (exact) mass is 388 g/mol. The number of piperazine rings is 1. The van der Waals surface area contributed by atoms with E-state index >= 15 is 0 Å². The molecule has 0 unspecified atom stereocenters. The number of nitrogens with zero attached hydrogens (tertiary/aromatic N) is 3. The molecule has 0 spiro atoms. The van der Waals surface area contributed by atoms with Gasteiger partial charge in [0.1, 0.15) is 5.69 Å². The standard InChI is InChI=1S/C19H21ClN4O3/c1-13-3-5-15(20)12-17(13)22-7-9-23(10-8-22)19(25)14-4-6-16(21-2)18(11-14)24(26)27/h3-6,11-12,21H,7-10H2,1-2H3. The van der Waals surface area contributed by atoms with E-state index in [4.69, 9.17) is 11.6 Å². The molecule has 0 aliphatic carbocycles. The molecule has 1 heterocycles. The Labute approximate surface area is 162 Å². The van der Waals surface area contributed by atoms with Crippen molar-refractivity contribution in [3.8, 4) is 0 Å². The van der Waals surface area contributed by atoms with E-state index in [-0.39, 0.29) is 11.6 Å². The van der Waals surface area contributed by atoms with Crippen molar-refractivity contribution in [1.29, 1.82) is 0 Å². The Morgan fingerprint density at radius 1 is 1.15 bits per heavy atom. The molecule has 0 saturated carbocycles. The van der Waals surface area contributed by atoms with Crippen molar-refractivity contribution in [2.75, 3.05) is 43.4 Å². The lowest BCUT2D eigenvalue weighted by Gasteiger charge is -2.37. The van der Waals surface area contributed by atoms with Gasteiger partial charge in [0.15, 0.2) is 0 Å². The van der Waals surface area contributed by atoms with Crippen molar-refractivity contribution in [3.63, 3.8) is 0 Å². The Bertz CT molecular complexity index is 879. The van der Waals surface area contributed by atoms with Gasteiger partial charge in [-0.15, -0.1) is 0 Å². The number of nitrogens with one attached hydrogen (secondary N) is 1. The summed E-state index contributed by atoms with van der Waals surface area (Å²) in [5.41, 5.74) is 2.82. The first-order valence-corrected chi connectivity index (χ1v) is 9.05. The maximum atomic E-state index is 12.8. The number of aryl methyl sites for hydroxylation is 1. The molecule has 1 saturated heterocycles. The zero-order chi connectivity index (χ0) is 19.6. The average Bonchev–Trinajstić information content (AvgIpc) is 2.69. The minimum atomic E-state index is -0.484. The van der Waals surface area contributed by atoms with Gasteiger partial charge in [0, 0.05) is 55.6 Å². The van der Waals surface area contributed by atoms with E-state index in [1.807, 2.05) is 25.1 Å². The molecule has 0 aromatic heterocycles. The van der Waals surface area contributed by atoms with Gasteiger partial charge in [0.25, 0.3) is 11.6 Å². The summed E-state index contributed by atoms with van der Waals surface area (Å²) in [4.78, 5) is 27.4. The van der Waals surface area contributed by atoms with Crippen LogP contribution in [0.25, 0.3) is 0 Å². The fraction of sp³-hybridized carbons (Fsp3) is 0.316. The van der Waals surface area contributed by atoms with Crippen LogP contribution in [-0.4, -0.2) is 49.0 Å². The Morgan fingerprint density at radius 3 is 2.48 bits per heavy atom. The maximum Gasteiger partial charge on any atom is 0.293 e. The van der Waals surface area contributed by atoms with Gasteiger partial charge >= 0.3 is 0 Å². The molecular formula is C19H21ClN4O3. The number of amides is 1. The highest BCUT2D eigenvalue weighted by atomic mass is 35.5. The van der Waals surface area contributed by atoms with E-state index in [1.54, 1.807) is 24.1 Å². The van der Waals surface area contributed by atoms with Gasteiger partial charge in [0.05, 0.1) is 4.92 Å². The lowest BCUT2D eigenvalue weighted by molar-refractivity contribution is -0.384. The number of carbonyl (C=O) groups excluding carboxylic acids is 1. The van der Waals surface area contributed by atoms with Crippen LogP contribution in [0.15, 0.2) is 36.4 Å². The number of anilines is 2. The van der Waals surface area contributed by atoms with Crippen molar-refractivity contribution in [3.05, 3.63) is 62.7 Å². The predicted molar refractivity (Wildman–Crippen MR) is 107 cm³/mol. The predicted octanol–water partition coefficient (Wildman–Crippen LogP) is 3.56. The van der Waals surface area contributed by atoms with Crippen LogP contribution in [0, 0.1) is 17.0 Å². The minimum absolute atomic E-state index is 0.100. The highest BCUT2D eigenvalue weighted by molar-refractivity contribution is 6.30. The smallest absolute Gasteiger partial charge is 0.293 e. The number of hydrogen-bond acceptors (Lipinski definition) is 5. The van der Waals surface area contributed by atoms with Gasteiger partial charge in [-0.1, -0.05) is 17.7 Å². The molecule has 1 fully saturated rings. The summed E-state index contributed by atoms with van der Waals surface area (Å²) in [6.07, 6.45) is 0. The summed E-state index contributed by atoms with van der Waals surface area (Å²) in [6.45, 7) is 4.50. The summed E-state index contributed by atoms with van der Waals surface area (Å²) >= 11 is 6.11. The molecule has 2 aromatic rings. The van der Waals surface area contributed by atoms with Crippen molar-refractivity contribution in [2.24, 2.45) is 0 Å². The summed E-state index contributed by atoms with van der Waals surface area (Å²) in [7, 11) is 1.61. The molecule has 1 N–H and O–H groups in total. The highest BCUT2D eigenvalue weighted by Crippen LogP contribution is 2.27. The Kier molecular flexibility index (Phi) is 5.51. The molecule has 0 bridgehead atoms. The third-order valence-electron chi connectivity index (χ3n) is 4.79. The first-order valence-electron chi connectivity index (χ1n) is 8.67. The van der Waals surface area contributed by atoms with Crippen LogP contribution >= 0.6 is 11.6 Å². The highest BCUT2D eigenvalue weighted by Gasteiger charge is 2.25. The van der Waals surface area contributed by atoms with Crippen LogP contribution in [-0.2, 0) is 0 Å². The second-order valence-electron chi connectivity index (χ2n) is 6.45. The summed E-state index contributed by atoms with van der Waals surface area (Å²) in [5.74, 6) is -0.191. The number of halogens is 1. The maximum absolute atomic E-state index is 12.8. The quantitative estimate of drug-likeness (QED) is 0.640. The Morgan fingerprint density at radius 2 is 1.85 bits per heavy atom. The first-order chi connectivity index (χ1) is 12.9. The number of rotatable bonds is 4. The average molecular weight is 389 g/mol. The van der Waals surface area contributed by atoms with Crippen LogP contribution in [0.5, 0.6) is 0 Å². The zero-order valence-electron chi connectivity index (χ0n) is 15.2. The molecule has 1 aliphatic rings. The van der Waals surface area contributed by atoms with Crippen molar-refractivity contribution in [1.82, 2.24) is 4.90 Å². The SMILES string of the molecule is CNc1ccc(C(=O)N2CCN(c3cc(Cl)ccc3C)CC2)cc1[N+](=O)[O-]. The number of hydrogen-bond donors (Lipinski definition) is 1. The molecule has 1 aliphatic heterocycles. The topological polar surface area (TPSA) is 78.7 Å². The van der Waals surface area contributed by atoms with Gasteiger partial charge in [-0.05, 0) is 36.8 Å². The normalized spacial score (nSPS) is 14.2. The molecule has 0 radical (unpaired) electrons. The van der Waals surface area contributed by atoms with E-state index < -0.39 is 4.92 Å². The third-order valence-corrected chi connectivity index (χ3v) is 5.02. The van der Waals surface area contributed by atoms with Gasteiger partial charge in [-0.25, -0.2) is 0 Å². The summed E-state index contributed by atoms with van der Waals surface area (Å²) in [6, 6.07) is 10.3. The lowest BCUT2D eigenvalue weighted by Crippen LogP contribution is -2.49. The molecule has 8 heteroatoms. The second-order valence-corrected chi connectivity index (χ2v) is 6.89. The van der Waals surface area contributed by atoms with Crippen LogP contribution in [0.2, 0.25) is 5.02 Å². The van der Waals surface area contributed by atoms with E-state index in [1.165, 1.54) is 6.07 Å². The summed E-state index contributed by atoms with van der Waals surface area (Å²) < 4.78 is 0. The molecular weight excluding hydrogens is 368 g/mol.